The highest BCUT2D eigenvalue weighted by atomic mass is 16.5. The Morgan fingerprint density at radius 1 is 0.923 bits per heavy atom. The smallest absolute Gasteiger partial charge is 0.407 e. The number of hydrogen-bond donors (Lipinski definition) is 1. The predicted molar refractivity (Wildman–Crippen MR) is 99.2 cm³/mol. The molecule has 0 saturated carbocycles. The molecule has 0 heterocycles. The van der Waals surface area contributed by atoms with Crippen molar-refractivity contribution in [3.63, 3.8) is 0 Å². The van der Waals surface area contributed by atoms with Gasteiger partial charge < -0.3 is 14.8 Å². The van der Waals surface area contributed by atoms with Crippen molar-refractivity contribution >= 4 is 12.1 Å². The first-order chi connectivity index (χ1) is 12.7. The first kappa shape index (κ1) is 19.2. The highest BCUT2D eigenvalue weighted by Gasteiger charge is 2.13. The summed E-state index contributed by atoms with van der Waals surface area (Å²) >= 11 is 0. The van der Waals surface area contributed by atoms with E-state index in [-0.39, 0.29) is 31.6 Å². The molecule has 0 aliphatic carbocycles. The molecule has 0 radical (unpaired) electrons. The van der Waals surface area contributed by atoms with Crippen LogP contribution in [0.5, 0.6) is 0 Å². The second-order valence-corrected chi connectivity index (χ2v) is 5.73. The molecule has 2 aromatic carbocycles. The van der Waals surface area contributed by atoms with Gasteiger partial charge in [-0.15, -0.1) is 6.58 Å². The van der Waals surface area contributed by atoms with Gasteiger partial charge in [-0.1, -0.05) is 66.7 Å². The van der Waals surface area contributed by atoms with Crippen molar-refractivity contribution < 1.29 is 19.1 Å². The Morgan fingerprint density at radius 2 is 1.46 bits per heavy atom. The Kier molecular flexibility index (Phi) is 7.93. The molecule has 0 spiro atoms. The molecular formula is C21H23NO4. The van der Waals surface area contributed by atoms with Gasteiger partial charge in [0.25, 0.3) is 0 Å². The van der Waals surface area contributed by atoms with Gasteiger partial charge in [-0.25, -0.2) is 4.79 Å². The number of rotatable bonds is 9. The van der Waals surface area contributed by atoms with E-state index < -0.39 is 6.09 Å². The van der Waals surface area contributed by atoms with Crippen LogP contribution in [0.4, 0.5) is 4.79 Å². The SMILES string of the molecule is C=CC(CCC(=O)OCc1ccccc1)NC(=O)OCc1ccccc1. The van der Waals surface area contributed by atoms with Crippen molar-refractivity contribution in [1.29, 1.82) is 0 Å². The zero-order chi connectivity index (χ0) is 18.6. The average Bonchev–Trinajstić information content (AvgIpc) is 2.69. The molecule has 1 unspecified atom stereocenters. The fourth-order valence-corrected chi connectivity index (χ4v) is 2.25. The summed E-state index contributed by atoms with van der Waals surface area (Å²) in [5.74, 6) is -0.319. The van der Waals surface area contributed by atoms with E-state index in [1.807, 2.05) is 60.7 Å². The van der Waals surface area contributed by atoms with Gasteiger partial charge in [-0.2, -0.15) is 0 Å². The van der Waals surface area contributed by atoms with Crippen LogP contribution in [0.15, 0.2) is 73.3 Å². The molecule has 0 aliphatic rings. The van der Waals surface area contributed by atoms with Crippen molar-refractivity contribution in [2.24, 2.45) is 0 Å². The highest BCUT2D eigenvalue weighted by molar-refractivity contribution is 5.70. The highest BCUT2D eigenvalue weighted by Crippen LogP contribution is 2.06. The second-order valence-electron chi connectivity index (χ2n) is 5.73. The Labute approximate surface area is 153 Å². The third-order valence-electron chi connectivity index (χ3n) is 3.70. The number of nitrogens with one attached hydrogen (secondary N) is 1. The van der Waals surface area contributed by atoms with E-state index in [2.05, 4.69) is 11.9 Å². The van der Waals surface area contributed by atoms with Crippen LogP contribution in [-0.4, -0.2) is 18.1 Å². The molecule has 0 fully saturated rings. The number of benzene rings is 2. The number of esters is 1. The molecule has 2 rings (SSSR count). The second kappa shape index (κ2) is 10.7. The quantitative estimate of drug-likeness (QED) is 0.547. The molecule has 0 aromatic heterocycles. The Bertz CT molecular complexity index is 700. The van der Waals surface area contributed by atoms with Crippen LogP contribution in [0, 0.1) is 0 Å². The van der Waals surface area contributed by atoms with E-state index in [9.17, 15) is 9.59 Å². The third-order valence-corrected chi connectivity index (χ3v) is 3.70. The third kappa shape index (κ3) is 7.21. The van der Waals surface area contributed by atoms with Crippen molar-refractivity contribution in [1.82, 2.24) is 5.32 Å². The van der Waals surface area contributed by atoms with Crippen molar-refractivity contribution in [2.45, 2.75) is 32.1 Å². The van der Waals surface area contributed by atoms with Gasteiger partial charge in [0, 0.05) is 6.42 Å². The average molecular weight is 353 g/mol. The molecule has 1 atom stereocenters. The number of carbonyl (C=O) groups excluding carboxylic acids is 2. The van der Waals surface area contributed by atoms with Crippen LogP contribution in [-0.2, 0) is 27.5 Å². The minimum absolute atomic E-state index is 0.183. The maximum Gasteiger partial charge on any atom is 0.407 e. The van der Waals surface area contributed by atoms with Gasteiger partial charge in [-0.05, 0) is 17.5 Å². The molecule has 0 saturated heterocycles. The van der Waals surface area contributed by atoms with E-state index in [4.69, 9.17) is 9.47 Å². The van der Waals surface area contributed by atoms with Crippen LogP contribution in [0.3, 0.4) is 0 Å². The largest absolute Gasteiger partial charge is 0.461 e. The van der Waals surface area contributed by atoms with Crippen molar-refractivity contribution in [3.8, 4) is 0 Å². The van der Waals surface area contributed by atoms with Crippen LogP contribution in [0.1, 0.15) is 24.0 Å². The molecule has 136 valence electrons. The van der Waals surface area contributed by atoms with Crippen LogP contribution in [0.25, 0.3) is 0 Å². The molecule has 26 heavy (non-hydrogen) atoms. The Morgan fingerprint density at radius 3 is 2.00 bits per heavy atom. The Hall–Kier alpha value is -3.08. The Balaban J connectivity index is 1.66. The molecular weight excluding hydrogens is 330 g/mol. The first-order valence-electron chi connectivity index (χ1n) is 8.46. The number of carbonyl (C=O) groups is 2. The molecule has 2 aromatic rings. The van der Waals surface area contributed by atoms with Crippen molar-refractivity contribution in [2.75, 3.05) is 0 Å². The molecule has 0 aliphatic heterocycles. The van der Waals surface area contributed by atoms with Crippen LogP contribution >= 0.6 is 0 Å². The van der Waals surface area contributed by atoms with Gasteiger partial charge in [0.05, 0.1) is 6.04 Å². The zero-order valence-electron chi connectivity index (χ0n) is 14.6. The van der Waals surface area contributed by atoms with Gasteiger partial charge in [0.1, 0.15) is 13.2 Å². The van der Waals surface area contributed by atoms with E-state index in [1.54, 1.807) is 6.08 Å². The van der Waals surface area contributed by atoms with Gasteiger partial charge >= 0.3 is 12.1 Å². The maximum absolute atomic E-state index is 11.8. The predicted octanol–water partition coefficient (Wildman–Crippen LogP) is 3.99. The molecule has 5 heteroatoms. The van der Waals surface area contributed by atoms with Gasteiger partial charge in [0.2, 0.25) is 0 Å². The number of hydrogen-bond acceptors (Lipinski definition) is 4. The summed E-state index contributed by atoms with van der Waals surface area (Å²) in [4.78, 5) is 23.7. The summed E-state index contributed by atoms with van der Waals surface area (Å²) in [7, 11) is 0. The fraction of sp³-hybridized carbons (Fsp3) is 0.238. The van der Waals surface area contributed by atoms with E-state index in [0.29, 0.717) is 6.42 Å². The summed E-state index contributed by atoms with van der Waals surface area (Å²) in [5.41, 5.74) is 1.84. The van der Waals surface area contributed by atoms with Gasteiger partial charge in [0.15, 0.2) is 0 Å². The zero-order valence-corrected chi connectivity index (χ0v) is 14.6. The number of amides is 1. The van der Waals surface area contributed by atoms with E-state index >= 15 is 0 Å². The summed E-state index contributed by atoms with van der Waals surface area (Å²) < 4.78 is 10.4. The summed E-state index contributed by atoms with van der Waals surface area (Å²) in [6.07, 6.45) is 1.62. The lowest BCUT2D eigenvalue weighted by atomic mass is 10.1. The standard InChI is InChI=1S/C21H23NO4/c1-2-19(22-21(24)26-16-18-11-7-4-8-12-18)13-14-20(23)25-15-17-9-5-3-6-10-17/h2-12,19H,1,13-16H2,(H,22,24). The lowest BCUT2D eigenvalue weighted by molar-refractivity contribution is -0.145. The minimum atomic E-state index is -0.545. The molecule has 1 N–H and O–H groups in total. The summed E-state index contributed by atoms with van der Waals surface area (Å²) in [6, 6.07) is 18.5. The van der Waals surface area contributed by atoms with E-state index in [1.165, 1.54) is 0 Å². The fourth-order valence-electron chi connectivity index (χ4n) is 2.25. The van der Waals surface area contributed by atoms with E-state index in [0.717, 1.165) is 11.1 Å². The minimum Gasteiger partial charge on any atom is -0.461 e. The number of ether oxygens (including phenoxy) is 2. The summed E-state index contributed by atoms with van der Waals surface area (Å²) in [6.45, 7) is 4.11. The number of alkyl carbamates (subject to hydrolysis) is 1. The lowest BCUT2D eigenvalue weighted by Gasteiger charge is -2.14. The molecule has 5 nitrogen and oxygen atoms in total. The van der Waals surface area contributed by atoms with Crippen molar-refractivity contribution in [3.05, 3.63) is 84.4 Å². The normalized spacial score (nSPS) is 11.2. The summed E-state index contributed by atoms with van der Waals surface area (Å²) in [5, 5.41) is 2.68. The lowest BCUT2D eigenvalue weighted by Crippen LogP contribution is -2.34. The van der Waals surface area contributed by atoms with Crippen LogP contribution in [0.2, 0.25) is 0 Å². The van der Waals surface area contributed by atoms with Gasteiger partial charge in [-0.3, -0.25) is 4.79 Å². The molecule has 0 bridgehead atoms. The monoisotopic (exact) mass is 353 g/mol. The van der Waals surface area contributed by atoms with Crippen LogP contribution < -0.4 is 5.32 Å². The maximum atomic E-state index is 11.8. The topological polar surface area (TPSA) is 64.6 Å². The first-order valence-corrected chi connectivity index (χ1v) is 8.46. The molecule has 1 amide bonds.